The maximum absolute atomic E-state index is 13.7. The summed E-state index contributed by atoms with van der Waals surface area (Å²) in [6.45, 7) is 0.0439. The zero-order valence-corrected chi connectivity index (χ0v) is 15.1. The predicted octanol–water partition coefficient (Wildman–Crippen LogP) is 3.47. The molecule has 27 heavy (non-hydrogen) atoms. The first-order chi connectivity index (χ1) is 12.9. The third-order valence-corrected chi connectivity index (χ3v) is 4.18. The Bertz CT molecular complexity index is 1030. The van der Waals surface area contributed by atoms with E-state index in [0.29, 0.717) is 16.2 Å². The van der Waals surface area contributed by atoms with Gasteiger partial charge in [0.15, 0.2) is 10.6 Å². The second-order valence-corrected chi connectivity index (χ2v) is 6.06. The van der Waals surface area contributed by atoms with Crippen LogP contribution in [0.2, 0.25) is 0 Å². The average Bonchev–Trinajstić information content (AvgIpc) is 2.97. The van der Waals surface area contributed by atoms with E-state index in [4.69, 9.17) is 21.7 Å². The van der Waals surface area contributed by atoms with E-state index in [0.717, 1.165) is 0 Å². The second kappa shape index (κ2) is 8.00. The molecule has 0 bridgehead atoms. The highest BCUT2D eigenvalue weighted by molar-refractivity contribution is 7.71. The van der Waals surface area contributed by atoms with Gasteiger partial charge in [-0.1, -0.05) is 18.2 Å². The summed E-state index contributed by atoms with van der Waals surface area (Å²) in [5, 5.41) is 16.0. The number of aromatic carboxylic acids is 1. The van der Waals surface area contributed by atoms with Gasteiger partial charge >= 0.3 is 5.97 Å². The van der Waals surface area contributed by atoms with Crippen LogP contribution in [0.3, 0.4) is 0 Å². The lowest BCUT2D eigenvalue weighted by Gasteiger charge is -2.11. The van der Waals surface area contributed by atoms with Crippen molar-refractivity contribution in [2.45, 2.75) is 13.2 Å². The Hall–Kier alpha value is -3.20. The molecule has 0 amide bonds. The molecule has 2 aromatic carbocycles. The first-order valence-electron chi connectivity index (χ1n) is 7.91. The number of carboxylic acid groups (broad SMARTS) is 1. The van der Waals surface area contributed by atoms with Gasteiger partial charge in [0.05, 0.1) is 5.56 Å². The fraction of sp³-hybridized carbons (Fsp3) is 0.167. The number of halogens is 1. The topological polar surface area (TPSA) is 89.4 Å². The number of carboxylic acids is 1. The number of rotatable bonds is 7. The Balaban J connectivity index is 1.78. The minimum atomic E-state index is -1.13. The fourth-order valence-electron chi connectivity index (χ4n) is 2.29. The summed E-state index contributed by atoms with van der Waals surface area (Å²) >= 11 is 5.03. The van der Waals surface area contributed by atoms with Gasteiger partial charge in [-0.25, -0.2) is 9.18 Å². The van der Waals surface area contributed by atoms with E-state index in [2.05, 4.69) is 10.2 Å². The summed E-state index contributed by atoms with van der Waals surface area (Å²) in [4.78, 5) is 11.4. The monoisotopic (exact) mass is 389 g/mol. The summed E-state index contributed by atoms with van der Waals surface area (Å²) in [6.07, 6.45) is 0. The van der Waals surface area contributed by atoms with Crippen molar-refractivity contribution in [2.75, 3.05) is 0 Å². The van der Waals surface area contributed by atoms with Crippen molar-refractivity contribution in [1.29, 1.82) is 0 Å². The Morgan fingerprint density at radius 2 is 1.89 bits per heavy atom. The standard InChI is InChI=1S/C18H16FN3O4S/c1-22-16(20-21-18(22)27)10-26-14-7-12(17(23)24)6-13(8-14)25-9-11-4-2-3-5-15(11)19/h2-8H,9-10H2,1H3,(H,21,27)(H,23,24). The normalized spacial score (nSPS) is 10.6. The molecule has 0 fully saturated rings. The Labute approximate surface area is 159 Å². The van der Waals surface area contributed by atoms with Gasteiger partial charge in [-0.3, -0.25) is 5.10 Å². The average molecular weight is 389 g/mol. The van der Waals surface area contributed by atoms with E-state index in [1.807, 2.05) is 0 Å². The highest BCUT2D eigenvalue weighted by Gasteiger charge is 2.11. The van der Waals surface area contributed by atoms with Crippen LogP contribution in [0.5, 0.6) is 11.5 Å². The highest BCUT2D eigenvalue weighted by atomic mass is 32.1. The molecule has 0 spiro atoms. The molecule has 140 valence electrons. The number of nitrogens with one attached hydrogen (secondary N) is 1. The number of H-pyrrole nitrogens is 1. The Morgan fingerprint density at radius 1 is 1.22 bits per heavy atom. The van der Waals surface area contributed by atoms with Crippen LogP contribution in [-0.2, 0) is 20.3 Å². The summed E-state index contributed by atoms with van der Waals surface area (Å²) < 4.78 is 27.0. The Kier molecular flexibility index (Phi) is 5.51. The van der Waals surface area contributed by atoms with Crippen LogP contribution in [0.15, 0.2) is 42.5 Å². The highest BCUT2D eigenvalue weighted by Crippen LogP contribution is 2.25. The minimum absolute atomic E-state index is 0.00797. The van der Waals surface area contributed by atoms with Gasteiger partial charge in [0, 0.05) is 18.7 Å². The molecule has 0 aliphatic heterocycles. The molecule has 1 aromatic heterocycles. The Morgan fingerprint density at radius 3 is 2.48 bits per heavy atom. The van der Waals surface area contributed by atoms with Crippen molar-refractivity contribution in [1.82, 2.24) is 14.8 Å². The van der Waals surface area contributed by atoms with Crippen LogP contribution < -0.4 is 9.47 Å². The second-order valence-electron chi connectivity index (χ2n) is 5.67. The number of ether oxygens (including phenoxy) is 2. The number of nitrogens with zero attached hydrogens (tertiary/aromatic N) is 2. The van der Waals surface area contributed by atoms with Gasteiger partial charge in [-0.15, -0.1) is 0 Å². The maximum Gasteiger partial charge on any atom is 0.335 e. The molecule has 2 N–H and O–H groups in total. The molecule has 3 rings (SSSR count). The largest absolute Gasteiger partial charge is 0.489 e. The molecule has 1 heterocycles. The summed E-state index contributed by atoms with van der Waals surface area (Å²) in [5.41, 5.74) is 0.355. The number of hydrogen-bond acceptors (Lipinski definition) is 5. The number of aromatic nitrogens is 3. The van der Waals surface area contributed by atoms with Crippen molar-refractivity contribution < 1.29 is 23.8 Å². The minimum Gasteiger partial charge on any atom is -0.489 e. The molecule has 0 radical (unpaired) electrons. The van der Waals surface area contributed by atoms with Crippen molar-refractivity contribution >= 4 is 18.2 Å². The smallest absolute Gasteiger partial charge is 0.335 e. The van der Waals surface area contributed by atoms with Gasteiger partial charge in [-0.05, 0) is 30.4 Å². The van der Waals surface area contributed by atoms with E-state index < -0.39 is 11.8 Å². The summed E-state index contributed by atoms with van der Waals surface area (Å²) in [7, 11) is 1.74. The third-order valence-electron chi connectivity index (χ3n) is 3.82. The quantitative estimate of drug-likeness (QED) is 0.602. The lowest BCUT2D eigenvalue weighted by atomic mass is 10.2. The van der Waals surface area contributed by atoms with E-state index in [1.165, 1.54) is 24.3 Å². The molecule has 0 unspecified atom stereocenters. The molecule has 0 saturated carbocycles. The first-order valence-corrected chi connectivity index (χ1v) is 8.32. The van der Waals surface area contributed by atoms with E-state index in [9.17, 15) is 14.3 Å². The molecule has 0 aliphatic rings. The maximum atomic E-state index is 13.7. The number of hydrogen-bond donors (Lipinski definition) is 2. The lowest BCUT2D eigenvalue weighted by Crippen LogP contribution is -2.05. The molecule has 0 atom stereocenters. The van der Waals surface area contributed by atoms with Crippen LogP contribution in [0, 0.1) is 10.6 Å². The zero-order chi connectivity index (χ0) is 19.4. The van der Waals surface area contributed by atoms with Crippen LogP contribution in [0.4, 0.5) is 4.39 Å². The van der Waals surface area contributed by atoms with E-state index in [-0.39, 0.29) is 30.3 Å². The van der Waals surface area contributed by atoms with Crippen molar-refractivity contribution in [2.24, 2.45) is 7.05 Å². The third kappa shape index (κ3) is 4.50. The molecule has 3 aromatic rings. The predicted molar refractivity (Wildman–Crippen MR) is 96.9 cm³/mol. The number of aromatic amines is 1. The van der Waals surface area contributed by atoms with Gasteiger partial charge < -0.3 is 19.1 Å². The van der Waals surface area contributed by atoms with Crippen molar-refractivity contribution in [3.63, 3.8) is 0 Å². The molecule has 0 aliphatic carbocycles. The van der Waals surface area contributed by atoms with E-state index >= 15 is 0 Å². The molecule has 7 nitrogen and oxygen atoms in total. The zero-order valence-electron chi connectivity index (χ0n) is 14.3. The molecular formula is C18H16FN3O4S. The van der Waals surface area contributed by atoms with Crippen LogP contribution in [0.1, 0.15) is 21.7 Å². The van der Waals surface area contributed by atoms with Gasteiger partial charge in [0.1, 0.15) is 30.5 Å². The summed E-state index contributed by atoms with van der Waals surface area (Å²) in [6, 6.07) is 10.5. The molecule has 9 heteroatoms. The number of carbonyl (C=O) groups is 1. The van der Waals surface area contributed by atoms with Gasteiger partial charge in [0.2, 0.25) is 0 Å². The van der Waals surface area contributed by atoms with Gasteiger partial charge in [-0.2, -0.15) is 5.10 Å². The number of benzene rings is 2. The van der Waals surface area contributed by atoms with Crippen LogP contribution >= 0.6 is 12.2 Å². The fourth-order valence-corrected chi connectivity index (χ4v) is 2.45. The van der Waals surface area contributed by atoms with Crippen LogP contribution in [0.25, 0.3) is 0 Å². The van der Waals surface area contributed by atoms with Crippen LogP contribution in [-0.4, -0.2) is 25.8 Å². The van der Waals surface area contributed by atoms with Crippen molar-refractivity contribution in [3.05, 3.63) is 70.0 Å². The SMILES string of the molecule is Cn1c(COc2cc(OCc3ccccc3F)cc(C(=O)O)c2)n[nH]c1=S. The first kappa shape index (κ1) is 18.6. The summed E-state index contributed by atoms with van der Waals surface area (Å²) in [5.74, 6) is -0.436. The molecular weight excluding hydrogens is 373 g/mol. The van der Waals surface area contributed by atoms with Crippen molar-refractivity contribution in [3.8, 4) is 11.5 Å². The lowest BCUT2D eigenvalue weighted by molar-refractivity contribution is 0.0695. The van der Waals surface area contributed by atoms with E-state index in [1.54, 1.807) is 29.8 Å². The molecule has 0 saturated heterocycles. The van der Waals surface area contributed by atoms with Gasteiger partial charge in [0.25, 0.3) is 0 Å².